The highest BCUT2D eigenvalue weighted by Gasteiger charge is 2.32. The monoisotopic (exact) mass is 443 g/mol. The lowest BCUT2D eigenvalue weighted by molar-refractivity contribution is 0.171. The second kappa shape index (κ2) is 8.23. The number of piperidine rings is 1. The number of sulfonamides is 1. The van der Waals surface area contributed by atoms with Gasteiger partial charge in [0.1, 0.15) is 18.9 Å². The van der Waals surface area contributed by atoms with E-state index in [1.165, 1.54) is 4.31 Å². The molecule has 4 heterocycles. The molecule has 0 saturated carbocycles. The third-order valence-corrected chi connectivity index (χ3v) is 7.22. The lowest BCUT2D eigenvalue weighted by Gasteiger charge is -2.31. The highest BCUT2D eigenvalue weighted by molar-refractivity contribution is 7.89. The van der Waals surface area contributed by atoms with Crippen LogP contribution in [0.1, 0.15) is 18.7 Å². The summed E-state index contributed by atoms with van der Waals surface area (Å²) < 4.78 is 44.4. The number of fused-ring (bicyclic) bond motifs is 1. The van der Waals surface area contributed by atoms with Gasteiger partial charge < -0.3 is 14.0 Å². The van der Waals surface area contributed by atoms with Gasteiger partial charge in [-0.15, -0.1) is 0 Å². The van der Waals surface area contributed by atoms with Crippen LogP contribution in [0.4, 0.5) is 0 Å². The van der Waals surface area contributed by atoms with Gasteiger partial charge in [0.2, 0.25) is 21.7 Å². The van der Waals surface area contributed by atoms with Gasteiger partial charge in [-0.1, -0.05) is 5.16 Å². The molecule has 2 aromatic heterocycles. The maximum absolute atomic E-state index is 13.2. The predicted molar refractivity (Wildman–Crippen MR) is 108 cm³/mol. The summed E-state index contributed by atoms with van der Waals surface area (Å²) in [7, 11) is -3.65. The lowest BCUT2D eigenvalue weighted by Crippen LogP contribution is -2.40. The molecule has 10 nitrogen and oxygen atoms in total. The van der Waals surface area contributed by atoms with Gasteiger partial charge in [0.05, 0.1) is 11.1 Å². The summed E-state index contributed by atoms with van der Waals surface area (Å²) in [5.74, 6) is 1.94. The van der Waals surface area contributed by atoms with E-state index in [4.69, 9.17) is 14.0 Å². The molecule has 0 amide bonds. The number of benzene rings is 1. The number of hydrogen-bond acceptors (Lipinski definition) is 9. The highest BCUT2D eigenvalue weighted by Crippen LogP contribution is 2.34. The first-order chi connectivity index (χ1) is 15.1. The fourth-order valence-corrected chi connectivity index (χ4v) is 5.42. The van der Waals surface area contributed by atoms with Gasteiger partial charge in [-0.3, -0.25) is 4.98 Å². The van der Waals surface area contributed by atoms with Crippen molar-refractivity contribution in [2.24, 2.45) is 5.92 Å². The zero-order valence-corrected chi connectivity index (χ0v) is 17.5. The zero-order chi connectivity index (χ0) is 21.3. The summed E-state index contributed by atoms with van der Waals surface area (Å²) in [6.45, 7) is 1.73. The second-order valence-corrected chi connectivity index (χ2v) is 9.42. The van der Waals surface area contributed by atoms with Gasteiger partial charge in [-0.2, -0.15) is 9.29 Å². The Balaban J connectivity index is 1.29. The molecule has 0 radical (unpaired) electrons. The van der Waals surface area contributed by atoms with Gasteiger partial charge in [0, 0.05) is 38.0 Å². The van der Waals surface area contributed by atoms with Crippen molar-refractivity contribution in [1.29, 1.82) is 0 Å². The maximum atomic E-state index is 13.2. The first-order valence-corrected chi connectivity index (χ1v) is 11.5. The molecule has 2 aliphatic rings. The van der Waals surface area contributed by atoms with Crippen LogP contribution in [0.2, 0.25) is 0 Å². The summed E-state index contributed by atoms with van der Waals surface area (Å²) in [5, 5.41) is 3.96. The third-order valence-electron chi connectivity index (χ3n) is 5.36. The molecule has 5 rings (SSSR count). The molecule has 0 N–H and O–H groups in total. The van der Waals surface area contributed by atoms with Crippen LogP contribution in [0, 0.1) is 5.92 Å². The van der Waals surface area contributed by atoms with E-state index in [0.29, 0.717) is 61.6 Å². The summed E-state index contributed by atoms with van der Waals surface area (Å²) in [6.07, 6.45) is 6.85. The van der Waals surface area contributed by atoms with Crippen molar-refractivity contribution in [3.8, 4) is 23.0 Å². The van der Waals surface area contributed by atoms with Crippen LogP contribution in [0.3, 0.4) is 0 Å². The molecule has 1 aromatic carbocycles. The summed E-state index contributed by atoms with van der Waals surface area (Å²) >= 11 is 0. The molecule has 0 spiro atoms. The van der Waals surface area contributed by atoms with E-state index in [-0.39, 0.29) is 10.8 Å². The molecule has 1 saturated heterocycles. The number of aromatic nitrogens is 4. The number of rotatable bonds is 5. The molecule has 3 aromatic rings. The SMILES string of the molecule is O=S(=O)(c1ccc2c(c1)OCCO2)N1CCC[C@H](Cc2nc(-c3cnccn3)no2)C1. The Morgan fingerprint density at radius 3 is 2.84 bits per heavy atom. The first-order valence-electron chi connectivity index (χ1n) is 10.1. The summed E-state index contributed by atoms with van der Waals surface area (Å²) in [6, 6.07) is 4.76. The largest absolute Gasteiger partial charge is 0.486 e. The van der Waals surface area contributed by atoms with Crippen LogP contribution in [-0.4, -0.2) is 59.1 Å². The smallest absolute Gasteiger partial charge is 0.243 e. The van der Waals surface area contributed by atoms with Crippen molar-refractivity contribution < 1.29 is 22.4 Å². The topological polar surface area (TPSA) is 121 Å². The van der Waals surface area contributed by atoms with E-state index < -0.39 is 10.0 Å². The van der Waals surface area contributed by atoms with Gasteiger partial charge in [-0.05, 0) is 30.9 Å². The summed E-state index contributed by atoms with van der Waals surface area (Å²) in [5.41, 5.74) is 0.531. The fourth-order valence-electron chi connectivity index (χ4n) is 3.85. The maximum Gasteiger partial charge on any atom is 0.243 e. The van der Waals surface area contributed by atoms with Gasteiger partial charge in [-0.25, -0.2) is 13.4 Å². The Hall–Kier alpha value is -3.05. The van der Waals surface area contributed by atoms with E-state index in [1.807, 2.05) is 0 Å². The first kappa shape index (κ1) is 19.9. The van der Waals surface area contributed by atoms with E-state index >= 15 is 0 Å². The van der Waals surface area contributed by atoms with Crippen LogP contribution >= 0.6 is 0 Å². The van der Waals surface area contributed by atoms with Crippen LogP contribution in [0.15, 0.2) is 46.2 Å². The summed E-state index contributed by atoms with van der Waals surface area (Å²) in [4.78, 5) is 12.8. The molecule has 1 fully saturated rings. The zero-order valence-electron chi connectivity index (χ0n) is 16.7. The van der Waals surface area contributed by atoms with Crippen molar-refractivity contribution in [2.75, 3.05) is 26.3 Å². The standard InChI is InChI=1S/C20H21N5O5S/c26-31(27,15-3-4-17-18(11-15)29-9-8-28-17)25-7-1-2-14(13-25)10-19-23-20(24-30-19)16-12-21-5-6-22-16/h3-6,11-12,14H,1-2,7-10,13H2/t14-/m1/s1. The molecule has 31 heavy (non-hydrogen) atoms. The van der Waals surface area contributed by atoms with E-state index in [1.54, 1.807) is 36.8 Å². The van der Waals surface area contributed by atoms with E-state index in [0.717, 1.165) is 12.8 Å². The molecular weight excluding hydrogens is 422 g/mol. The van der Waals surface area contributed by atoms with Crippen molar-refractivity contribution in [2.45, 2.75) is 24.2 Å². The highest BCUT2D eigenvalue weighted by atomic mass is 32.2. The molecule has 11 heteroatoms. The average Bonchev–Trinajstić information content (AvgIpc) is 3.28. The lowest BCUT2D eigenvalue weighted by atomic mass is 9.96. The minimum Gasteiger partial charge on any atom is -0.486 e. The second-order valence-electron chi connectivity index (χ2n) is 7.48. The Bertz CT molecular complexity index is 1170. The molecular formula is C20H21N5O5S. The van der Waals surface area contributed by atoms with Crippen LogP contribution in [0.5, 0.6) is 11.5 Å². The van der Waals surface area contributed by atoms with Crippen LogP contribution < -0.4 is 9.47 Å². The van der Waals surface area contributed by atoms with Crippen molar-refractivity contribution >= 4 is 10.0 Å². The molecule has 2 aliphatic heterocycles. The minimum absolute atomic E-state index is 0.0795. The number of hydrogen-bond donors (Lipinski definition) is 0. The minimum atomic E-state index is -3.65. The van der Waals surface area contributed by atoms with Crippen LogP contribution in [-0.2, 0) is 16.4 Å². The van der Waals surface area contributed by atoms with Gasteiger partial charge in [0.25, 0.3) is 0 Å². The third kappa shape index (κ3) is 4.10. The van der Waals surface area contributed by atoms with E-state index in [2.05, 4.69) is 20.1 Å². The molecule has 1 atom stereocenters. The average molecular weight is 443 g/mol. The molecule has 0 aliphatic carbocycles. The van der Waals surface area contributed by atoms with Gasteiger partial charge >= 0.3 is 0 Å². The quantitative estimate of drug-likeness (QED) is 0.582. The Morgan fingerprint density at radius 1 is 1.13 bits per heavy atom. The van der Waals surface area contributed by atoms with E-state index in [9.17, 15) is 8.42 Å². The fraction of sp³-hybridized carbons (Fsp3) is 0.400. The predicted octanol–water partition coefficient (Wildman–Crippen LogP) is 1.94. The molecule has 0 unspecified atom stereocenters. The molecule has 0 bridgehead atoms. The Morgan fingerprint density at radius 2 is 2.00 bits per heavy atom. The van der Waals surface area contributed by atoms with Gasteiger partial charge in [0.15, 0.2) is 11.5 Å². The molecule has 162 valence electrons. The van der Waals surface area contributed by atoms with Crippen LogP contribution in [0.25, 0.3) is 11.5 Å². The Kier molecular flexibility index (Phi) is 5.28. The normalized spacial score (nSPS) is 19.3. The Labute approximate surface area is 179 Å². The van der Waals surface area contributed by atoms with Crippen molar-refractivity contribution in [3.05, 3.63) is 42.7 Å². The van der Waals surface area contributed by atoms with Crippen molar-refractivity contribution in [3.63, 3.8) is 0 Å². The number of ether oxygens (including phenoxy) is 2. The van der Waals surface area contributed by atoms with Crippen molar-refractivity contribution in [1.82, 2.24) is 24.4 Å². The number of nitrogens with zero attached hydrogens (tertiary/aromatic N) is 5.